The Labute approximate surface area is 129 Å². The van der Waals surface area contributed by atoms with Crippen molar-refractivity contribution < 1.29 is 4.79 Å². The van der Waals surface area contributed by atoms with Crippen molar-refractivity contribution in [2.45, 2.75) is 31.8 Å². The molecular formula is C17H20N2OS. The summed E-state index contributed by atoms with van der Waals surface area (Å²) in [5.74, 6) is 0.0583. The lowest BCUT2D eigenvalue weighted by atomic mass is 10.00. The van der Waals surface area contributed by atoms with Crippen molar-refractivity contribution in [2.75, 3.05) is 6.54 Å². The van der Waals surface area contributed by atoms with Crippen LogP contribution in [-0.4, -0.2) is 24.5 Å². The number of carbonyl (C=O) groups is 1. The zero-order valence-electron chi connectivity index (χ0n) is 12.1. The van der Waals surface area contributed by atoms with Gasteiger partial charge in [-0.1, -0.05) is 30.3 Å². The number of thiophene rings is 1. The van der Waals surface area contributed by atoms with E-state index in [-0.39, 0.29) is 11.9 Å². The zero-order valence-corrected chi connectivity index (χ0v) is 13.0. The van der Waals surface area contributed by atoms with Crippen LogP contribution in [0.25, 0.3) is 11.1 Å². The van der Waals surface area contributed by atoms with E-state index in [1.807, 2.05) is 41.8 Å². The fourth-order valence-electron chi connectivity index (χ4n) is 2.84. The topological polar surface area (TPSA) is 41.1 Å². The molecule has 0 bridgehead atoms. The first-order chi connectivity index (χ1) is 10.2. The molecule has 1 aliphatic heterocycles. The molecule has 4 heteroatoms. The fourth-order valence-corrected chi connectivity index (χ4v) is 3.66. The first kappa shape index (κ1) is 14.3. The van der Waals surface area contributed by atoms with Crippen molar-refractivity contribution >= 4 is 17.2 Å². The standard InChI is InChI=1S/C17H20N2OS/c1-12-11-14(7-9-18-12)19-17(20)16-15(8-10-21-16)13-5-3-2-4-6-13/h2-6,8,10,12,14,18H,7,9,11H2,1H3,(H,19,20). The lowest BCUT2D eigenvalue weighted by molar-refractivity contribution is 0.0930. The second-order valence-corrected chi connectivity index (χ2v) is 6.50. The number of amides is 1. The van der Waals surface area contributed by atoms with E-state index in [2.05, 4.69) is 17.6 Å². The van der Waals surface area contributed by atoms with E-state index in [0.29, 0.717) is 6.04 Å². The normalized spacial score (nSPS) is 22.0. The Hall–Kier alpha value is -1.65. The molecule has 0 spiro atoms. The molecule has 1 aromatic heterocycles. The van der Waals surface area contributed by atoms with Crippen LogP contribution in [0.4, 0.5) is 0 Å². The third kappa shape index (κ3) is 3.34. The van der Waals surface area contributed by atoms with Crippen molar-refractivity contribution in [3.63, 3.8) is 0 Å². The highest BCUT2D eigenvalue weighted by Crippen LogP contribution is 2.28. The molecule has 2 atom stereocenters. The minimum absolute atomic E-state index is 0.0583. The quantitative estimate of drug-likeness (QED) is 0.913. The van der Waals surface area contributed by atoms with Gasteiger partial charge in [0.2, 0.25) is 0 Å². The van der Waals surface area contributed by atoms with Gasteiger partial charge in [-0.15, -0.1) is 11.3 Å². The molecule has 3 nitrogen and oxygen atoms in total. The Balaban J connectivity index is 1.75. The summed E-state index contributed by atoms with van der Waals surface area (Å²) in [6, 6.07) is 12.9. The summed E-state index contributed by atoms with van der Waals surface area (Å²) in [5.41, 5.74) is 2.13. The van der Waals surface area contributed by atoms with E-state index in [1.54, 1.807) is 0 Å². The molecule has 2 N–H and O–H groups in total. The summed E-state index contributed by atoms with van der Waals surface area (Å²) < 4.78 is 0. The van der Waals surface area contributed by atoms with Crippen LogP contribution < -0.4 is 10.6 Å². The maximum atomic E-state index is 12.6. The second kappa shape index (κ2) is 6.41. The number of hydrogen-bond acceptors (Lipinski definition) is 3. The Morgan fingerprint density at radius 3 is 2.86 bits per heavy atom. The largest absolute Gasteiger partial charge is 0.348 e. The summed E-state index contributed by atoms with van der Waals surface area (Å²) in [6.45, 7) is 3.14. The first-order valence-electron chi connectivity index (χ1n) is 7.41. The van der Waals surface area contributed by atoms with Gasteiger partial charge < -0.3 is 10.6 Å². The first-order valence-corrected chi connectivity index (χ1v) is 8.29. The van der Waals surface area contributed by atoms with E-state index in [4.69, 9.17) is 0 Å². The summed E-state index contributed by atoms with van der Waals surface area (Å²) >= 11 is 1.51. The lowest BCUT2D eigenvalue weighted by Crippen LogP contribution is -2.46. The molecular weight excluding hydrogens is 280 g/mol. The highest BCUT2D eigenvalue weighted by Gasteiger charge is 2.22. The van der Waals surface area contributed by atoms with E-state index >= 15 is 0 Å². The predicted octanol–water partition coefficient (Wildman–Crippen LogP) is 3.29. The Morgan fingerprint density at radius 2 is 2.10 bits per heavy atom. The number of hydrogen-bond donors (Lipinski definition) is 2. The van der Waals surface area contributed by atoms with Crippen molar-refractivity contribution in [2.24, 2.45) is 0 Å². The van der Waals surface area contributed by atoms with E-state index < -0.39 is 0 Å². The lowest BCUT2D eigenvalue weighted by Gasteiger charge is -2.28. The highest BCUT2D eigenvalue weighted by molar-refractivity contribution is 7.12. The maximum Gasteiger partial charge on any atom is 0.262 e. The number of carbonyl (C=O) groups excluding carboxylic acids is 1. The molecule has 1 saturated heterocycles. The zero-order chi connectivity index (χ0) is 14.7. The smallest absolute Gasteiger partial charge is 0.262 e. The van der Waals surface area contributed by atoms with Gasteiger partial charge in [-0.05, 0) is 43.3 Å². The second-order valence-electron chi connectivity index (χ2n) is 5.58. The van der Waals surface area contributed by atoms with Crippen LogP contribution in [0.5, 0.6) is 0 Å². The van der Waals surface area contributed by atoms with E-state index in [1.165, 1.54) is 11.3 Å². The molecule has 1 amide bonds. The van der Waals surface area contributed by atoms with Crippen LogP contribution in [0, 0.1) is 0 Å². The van der Waals surface area contributed by atoms with E-state index in [0.717, 1.165) is 35.4 Å². The average Bonchev–Trinajstić information content (AvgIpc) is 2.98. The molecule has 1 aliphatic rings. The number of nitrogens with one attached hydrogen (secondary N) is 2. The Morgan fingerprint density at radius 1 is 1.29 bits per heavy atom. The van der Waals surface area contributed by atoms with Crippen molar-refractivity contribution in [1.29, 1.82) is 0 Å². The van der Waals surface area contributed by atoms with Gasteiger partial charge in [-0.3, -0.25) is 4.79 Å². The molecule has 1 fully saturated rings. The summed E-state index contributed by atoms with van der Waals surface area (Å²) in [4.78, 5) is 13.4. The molecule has 21 heavy (non-hydrogen) atoms. The maximum absolute atomic E-state index is 12.6. The van der Waals surface area contributed by atoms with E-state index in [9.17, 15) is 4.79 Å². The SMILES string of the molecule is CC1CC(NC(=O)c2sccc2-c2ccccc2)CCN1. The third-order valence-electron chi connectivity index (χ3n) is 3.92. The average molecular weight is 300 g/mol. The fraction of sp³-hybridized carbons (Fsp3) is 0.353. The van der Waals surface area contributed by atoms with Gasteiger partial charge in [-0.2, -0.15) is 0 Å². The molecule has 0 radical (unpaired) electrons. The van der Waals surface area contributed by atoms with Gasteiger partial charge in [0.1, 0.15) is 0 Å². The van der Waals surface area contributed by atoms with Gasteiger partial charge in [0.25, 0.3) is 5.91 Å². The molecule has 2 heterocycles. The number of rotatable bonds is 3. The molecule has 1 aromatic carbocycles. The van der Waals surface area contributed by atoms with Crippen molar-refractivity contribution in [1.82, 2.24) is 10.6 Å². The van der Waals surface area contributed by atoms with Crippen LogP contribution in [0.1, 0.15) is 29.4 Å². The Bertz CT molecular complexity index is 608. The number of benzene rings is 1. The minimum Gasteiger partial charge on any atom is -0.348 e. The van der Waals surface area contributed by atoms with Gasteiger partial charge in [-0.25, -0.2) is 0 Å². The molecule has 0 aliphatic carbocycles. The molecule has 0 saturated carbocycles. The van der Waals surface area contributed by atoms with Crippen molar-refractivity contribution in [3.05, 3.63) is 46.7 Å². The van der Waals surface area contributed by atoms with Crippen LogP contribution in [-0.2, 0) is 0 Å². The summed E-state index contributed by atoms with van der Waals surface area (Å²) in [6.07, 6.45) is 2.00. The van der Waals surface area contributed by atoms with Crippen LogP contribution in [0.15, 0.2) is 41.8 Å². The van der Waals surface area contributed by atoms with Gasteiger partial charge >= 0.3 is 0 Å². The van der Waals surface area contributed by atoms with Crippen LogP contribution in [0.2, 0.25) is 0 Å². The summed E-state index contributed by atoms with van der Waals surface area (Å²) in [7, 11) is 0. The molecule has 110 valence electrons. The van der Waals surface area contributed by atoms with Crippen LogP contribution in [0.3, 0.4) is 0 Å². The number of piperidine rings is 1. The Kier molecular flexibility index (Phi) is 4.36. The van der Waals surface area contributed by atoms with Crippen molar-refractivity contribution in [3.8, 4) is 11.1 Å². The van der Waals surface area contributed by atoms with Gasteiger partial charge in [0.05, 0.1) is 4.88 Å². The molecule has 2 aromatic rings. The van der Waals surface area contributed by atoms with Gasteiger partial charge in [0.15, 0.2) is 0 Å². The monoisotopic (exact) mass is 300 g/mol. The minimum atomic E-state index is 0.0583. The molecule has 2 unspecified atom stereocenters. The summed E-state index contributed by atoms with van der Waals surface area (Å²) in [5, 5.41) is 8.59. The highest BCUT2D eigenvalue weighted by atomic mass is 32.1. The predicted molar refractivity (Wildman–Crippen MR) is 87.7 cm³/mol. The molecule has 3 rings (SSSR count). The van der Waals surface area contributed by atoms with Gasteiger partial charge in [0, 0.05) is 17.6 Å². The third-order valence-corrected chi connectivity index (χ3v) is 4.83. The van der Waals surface area contributed by atoms with Crippen LogP contribution >= 0.6 is 11.3 Å².